The number of carboxylic acid groups (broad SMARTS) is 1. The van der Waals surface area contributed by atoms with Crippen molar-refractivity contribution >= 4 is 23.3 Å². The van der Waals surface area contributed by atoms with E-state index in [9.17, 15) is 4.79 Å². The highest BCUT2D eigenvalue weighted by atomic mass is 35.5. The summed E-state index contributed by atoms with van der Waals surface area (Å²) >= 11 is 5.83. The third-order valence-electron chi connectivity index (χ3n) is 2.24. The molecule has 0 saturated heterocycles. The first-order valence-corrected chi connectivity index (χ1v) is 5.99. The Balaban J connectivity index is 2.47. The van der Waals surface area contributed by atoms with Gasteiger partial charge in [0.2, 0.25) is 0 Å². The zero-order chi connectivity index (χ0) is 13.4. The Hall–Kier alpha value is -1.30. The van der Waals surface area contributed by atoms with E-state index in [0.29, 0.717) is 31.9 Å². The number of ether oxygens (including phenoxy) is 1. The smallest absolute Gasteiger partial charge is 0.339 e. The number of rotatable bonds is 8. The van der Waals surface area contributed by atoms with E-state index in [0.717, 1.165) is 0 Å². The van der Waals surface area contributed by atoms with Crippen LogP contribution in [0.25, 0.3) is 0 Å². The van der Waals surface area contributed by atoms with Gasteiger partial charge < -0.3 is 20.3 Å². The first kappa shape index (κ1) is 14.8. The van der Waals surface area contributed by atoms with Crippen LogP contribution < -0.4 is 5.32 Å². The second-order valence-electron chi connectivity index (χ2n) is 3.58. The molecule has 0 atom stereocenters. The number of anilines is 1. The molecule has 5 nitrogen and oxygen atoms in total. The van der Waals surface area contributed by atoms with Crippen molar-refractivity contribution in [1.29, 1.82) is 0 Å². The molecule has 0 aliphatic heterocycles. The summed E-state index contributed by atoms with van der Waals surface area (Å²) in [4.78, 5) is 11.0. The van der Waals surface area contributed by atoms with Crippen LogP contribution in [0.2, 0.25) is 5.02 Å². The number of halogens is 1. The van der Waals surface area contributed by atoms with Gasteiger partial charge >= 0.3 is 5.97 Å². The van der Waals surface area contributed by atoms with Gasteiger partial charge in [-0.2, -0.15) is 0 Å². The second kappa shape index (κ2) is 7.92. The topological polar surface area (TPSA) is 78.8 Å². The van der Waals surface area contributed by atoms with Crippen molar-refractivity contribution in [2.45, 2.75) is 6.42 Å². The van der Waals surface area contributed by atoms with E-state index in [4.69, 9.17) is 26.6 Å². The average molecular weight is 274 g/mol. The van der Waals surface area contributed by atoms with Crippen molar-refractivity contribution in [2.75, 3.05) is 31.7 Å². The average Bonchev–Trinajstić information content (AvgIpc) is 2.33. The van der Waals surface area contributed by atoms with E-state index in [1.54, 1.807) is 18.2 Å². The van der Waals surface area contributed by atoms with Crippen molar-refractivity contribution in [3.05, 3.63) is 28.8 Å². The number of carboxylic acids is 1. The largest absolute Gasteiger partial charge is 0.478 e. The van der Waals surface area contributed by atoms with Gasteiger partial charge in [-0.15, -0.1) is 0 Å². The minimum Gasteiger partial charge on any atom is -0.478 e. The molecular formula is C12H16ClNO4. The Bertz CT molecular complexity index is 398. The Labute approximate surface area is 110 Å². The molecule has 0 saturated carbocycles. The summed E-state index contributed by atoms with van der Waals surface area (Å²) in [6.07, 6.45) is 0.714. The number of carbonyl (C=O) groups is 1. The highest BCUT2D eigenvalue weighted by Crippen LogP contribution is 2.24. The SMILES string of the molecule is O=C(O)c1c(Cl)cccc1NCCCOCCO. The van der Waals surface area contributed by atoms with Crippen LogP contribution in [0.5, 0.6) is 0 Å². The lowest BCUT2D eigenvalue weighted by molar-refractivity contribution is 0.0698. The molecule has 0 bridgehead atoms. The van der Waals surface area contributed by atoms with Crippen molar-refractivity contribution < 1.29 is 19.7 Å². The summed E-state index contributed by atoms with van der Waals surface area (Å²) in [5, 5.41) is 20.8. The maximum Gasteiger partial charge on any atom is 0.339 e. The molecule has 0 heterocycles. The van der Waals surface area contributed by atoms with E-state index in [1.807, 2.05) is 0 Å². The molecule has 0 radical (unpaired) electrons. The normalized spacial score (nSPS) is 10.3. The molecule has 1 rings (SSSR count). The molecule has 0 aromatic heterocycles. The molecule has 0 spiro atoms. The fourth-order valence-electron chi connectivity index (χ4n) is 1.45. The number of aromatic carboxylic acids is 1. The van der Waals surface area contributed by atoms with Crippen LogP contribution in [0.1, 0.15) is 16.8 Å². The molecule has 3 N–H and O–H groups in total. The summed E-state index contributed by atoms with van der Waals surface area (Å²) in [5.74, 6) is -1.06. The summed E-state index contributed by atoms with van der Waals surface area (Å²) < 4.78 is 5.09. The van der Waals surface area contributed by atoms with E-state index in [1.165, 1.54) is 0 Å². The van der Waals surface area contributed by atoms with Gasteiger partial charge in [-0.25, -0.2) is 4.79 Å². The predicted molar refractivity (Wildman–Crippen MR) is 69.4 cm³/mol. The van der Waals surface area contributed by atoms with Crippen LogP contribution in [-0.4, -0.2) is 42.5 Å². The summed E-state index contributed by atoms with van der Waals surface area (Å²) in [7, 11) is 0. The molecule has 0 aliphatic rings. The summed E-state index contributed by atoms with van der Waals surface area (Å²) in [6, 6.07) is 4.91. The molecule has 0 aliphatic carbocycles. The molecule has 6 heteroatoms. The van der Waals surface area contributed by atoms with Gasteiger partial charge in [0.25, 0.3) is 0 Å². The first-order chi connectivity index (χ1) is 8.66. The Kier molecular flexibility index (Phi) is 6.49. The molecule has 0 unspecified atom stereocenters. The molecule has 100 valence electrons. The zero-order valence-corrected chi connectivity index (χ0v) is 10.6. The van der Waals surface area contributed by atoms with Gasteiger partial charge in [-0.05, 0) is 18.6 Å². The van der Waals surface area contributed by atoms with Crippen LogP contribution in [0.3, 0.4) is 0 Å². The number of aliphatic hydroxyl groups is 1. The van der Waals surface area contributed by atoms with Crippen molar-refractivity contribution in [3.63, 3.8) is 0 Å². The Morgan fingerprint density at radius 1 is 1.39 bits per heavy atom. The number of benzene rings is 1. The zero-order valence-electron chi connectivity index (χ0n) is 9.86. The van der Waals surface area contributed by atoms with Gasteiger partial charge in [0.15, 0.2) is 0 Å². The molecule has 1 aromatic rings. The van der Waals surface area contributed by atoms with Crippen LogP contribution in [0, 0.1) is 0 Å². The molecule has 1 aromatic carbocycles. The third-order valence-corrected chi connectivity index (χ3v) is 2.56. The van der Waals surface area contributed by atoms with Crippen molar-refractivity contribution in [2.24, 2.45) is 0 Å². The number of hydrogen-bond donors (Lipinski definition) is 3. The Morgan fingerprint density at radius 2 is 2.17 bits per heavy atom. The lowest BCUT2D eigenvalue weighted by Crippen LogP contribution is -2.10. The number of nitrogens with one attached hydrogen (secondary N) is 1. The number of hydrogen-bond acceptors (Lipinski definition) is 4. The summed E-state index contributed by atoms with van der Waals surface area (Å²) in [6.45, 7) is 1.41. The maximum absolute atomic E-state index is 11.0. The molecule has 0 fully saturated rings. The van der Waals surface area contributed by atoms with E-state index >= 15 is 0 Å². The minimum absolute atomic E-state index is 0.00485. The van der Waals surface area contributed by atoms with Crippen LogP contribution in [0.4, 0.5) is 5.69 Å². The molecule has 0 amide bonds. The standard InChI is InChI=1S/C12H16ClNO4/c13-9-3-1-4-10(11(9)12(16)17)14-5-2-7-18-8-6-15/h1,3-4,14-15H,2,5-8H2,(H,16,17). The summed E-state index contributed by atoms with van der Waals surface area (Å²) in [5.41, 5.74) is 0.576. The maximum atomic E-state index is 11.0. The van der Waals surface area contributed by atoms with Crippen molar-refractivity contribution in [3.8, 4) is 0 Å². The van der Waals surface area contributed by atoms with Crippen LogP contribution >= 0.6 is 11.6 Å². The quantitative estimate of drug-likeness (QED) is 0.630. The van der Waals surface area contributed by atoms with Gasteiger partial charge in [-0.3, -0.25) is 0 Å². The second-order valence-corrected chi connectivity index (χ2v) is 3.99. The first-order valence-electron chi connectivity index (χ1n) is 5.61. The van der Waals surface area contributed by atoms with Gasteiger partial charge in [-0.1, -0.05) is 17.7 Å². The predicted octanol–water partition coefficient (Wildman–Crippen LogP) is 1.85. The molecule has 18 heavy (non-hydrogen) atoms. The highest BCUT2D eigenvalue weighted by molar-refractivity contribution is 6.34. The van der Waals surface area contributed by atoms with Crippen molar-refractivity contribution in [1.82, 2.24) is 0 Å². The van der Waals surface area contributed by atoms with Gasteiger partial charge in [0.1, 0.15) is 5.56 Å². The van der Waals surface area contributed by atoms with Gasteiger partial charge in [0.05, 0.1) is 23.9 Å². The molecular weight excluding hydrogens is 258 g/mol. The van der Waals surface area contributed by atoms with E-state index in [2.05, 4.69) is 5.32 Å². The fraction of sp³-hybridized carbons (Fsp3) is 0.417. The number of aliphatic hydroxyl groups excluding tert-OH is 1. The van der Waals surface area contributed by atoms with Crippen LogP contribution in [-0.2, 0) is 4.74 Å². The lowest BCUT2D eigenvalue weighted by atomic mass is 10.1. The Morgan fingerprint density at radius 3 is 2.83 bits per heavy atom. The monoisotopic (exact) mass is 273 g/mol. The minimum atomic E-state index is -1.06. The highest BCUT2D eigenvalue weighted by Gasteiger charge is 2.13. The van der Waals surface area contributed by atoms with Gasteiger partial charge in [0, 0.05) is 13.2 Å². The van der Waals surface area contributed by atoms with E-state index in [-0.39, 0.29) is 17.2 Å². The fourth-order valence-corrected chi connectivity index (χ4v) is 1.71. The van der Waals surface area contributed by atoms with Crippen LogP contribution in [0.15, 0.2) is 18.2 Å². The lowest BCUT2D eigenvalue weighted by Gasteiger charge is -2.10. The van der Waals surface area contributed by atoms with E-state index < -0.39 is 5.97 Å². The third kappa shape index (κ3) is 4.52.